The van der Waals surface area contributed by atoms with E-state index in [4.69, 9.17) is 5.73 Å². The van der Waals surface area contributed by atoms with Crippen molar-refractivity contribution in [2.24, 2.45) is 5.73 Å². The van der Waals surface area contributed by atoms with Gasteiger partial charge in [0.15, 0.2) is 0 Å². The predicted octanol–water partition coefficient (Wildman–Crippen LogP) is 0.210. The topological polar surface area (TPSA) is 75.4 Å². The normalized spacial score (nSPS) is 24.0. The lowest BCUT2D eigenvalue weighted by atomic mass is 10.1. The van der Waals surface area contributed by atoms with Gasteiger partial charge in [0.1, 0.15) is 0 Å². The van der Waals surface area contributed by atoms with E-state index in [0.717, 1.165) is 19.3 Å². The summed E-state index contributed by atoms with van der Waals surface area (Å²) in [6, 6.07) is 0.102. The van der Waals surface area contributed by atoms with Gasteiger partial charge in [-0.05, 0) is 19.8 Å². The monoisotopic (exact) mass is 247 g/mol. The van der Waals surface area contributed by atoms with Gasteiger partial charge in [-0.15, -0.1) is 0 Å². The van der Waals surface area contributed by atoms with E-state index in [-0.39, 0.29) is 6.04 Å². The highest BCUT2D eigenvalue weighted by Crippen LogP contribution is 2.18. The van der Waals surface area contributed by atoms with E-state index >= 15 is 0 Å². The smallest absolute Gasteiger partial charge is 0.279 e. The fraction of sp³-hybridized carbons (Fsp3) is 0.800. The third-order valence-corrected chi connectivity index (χ3v) is 4.43. The van der Waals surface area contributed by atoms with Crippen molar-refractivity contribution in [2.75, 3.05) is 19.6 Å². The van der Waals surface area contributed by atoms with E-state index in [1.54, 1.807) is 16.5 Å². The average molecular weight is 247 g/mol. The van der Waals surface area contributed by atoms with Crippen molar-refractivity contribution in [3.8, 4) is 0 Å². The summed E-state index contributed by atoms with van der Waals surface area (Å²) in [6.45, 7) is 3.32. The van der Waals surface area contributed by atoms with E-state index in [0.29, 0.717) is 19.6 Å². The molecule has 16 heavy (non-hydrogen) atoms. The number of nitrogens with zero attached hydrogens (tertiary/aromatic N) is 1. The van der Waals surface area contributed by atoms with Gasteiger partial charge < -0.3 is 5.73 Å². The molecule has 1 fully saturated rings. The quantitative estimate of drug-likeness (QED) is 0.682. The Morgan fingerprint density at radius 2 is 2.19 bits per heavy atom. The van der Waals surface area contributed by atoms with Gasteiger partial charge in [0.25, 0.3) is 10.2 Å². The largest absolute Gasteiger partial charge is 0.327 e. The summed E-state index contributed by atoms with van der Waals surface area (Å²) in [5.74, 6) is 0. The molecule has 1 unspecified atom stereocenters. The maximum absolute atomic E-state index is 11.9. The van der Waals surface area contributed by atoms with Crippen LogP contribution < -0.4 is 10.5 Å². The highest BCUT2D eigenvalue weighted by molar-refractivity contribution is 7.87. The van der Waals surface area contributed by atoms with Crippen LogP contribution in [0.15, 0.2) is 12.2 Å². The molecule has 1 saturated heterocycles. The van der Waals surface area contributed by atoms with Crippen LogP contribution in [0.1, 0.15) is 26.2 Å². The Labute approximate surface area is 97.9 Å². The molecule has 0 aliphatic carbocycles. The molecule has 0 bridgehead atoms. The first-order chi connectivity index (χ1) is 7.58. The molecule has 1 heterocycles. The standard InChI is InChI=1S/C10H21N3O2S/c1-10-6-2-5-9-13(10)16(14,15)12-8-4-3-7-11/h3-4,10,12H,2,5-9,11H2,1H3/b4-3+. The lowest BCUT2D eigenvalue weighted by molar-refractivity contribution is 0.266. The first-order valence-corrected chi connectivity index (χ1v) is 7.13. The fourth-order valence-electron chi connectivity index (χ4n) is 1.84. The minimum atomic E-state index is -3.32. The SMILES string of the molecule is CC1CCCCN1S(=O)(=O)NC/C=C/CN. The lowest BCUT2D eigenvalue weighted by Crippen LogP contribution is -2.47. The van der Waals surface area contributed by atoms with Gasteiger partial charge in [-0.25, -0.2) is 0 Å². The zero-order valence-electron chi connectivity index (χ0n) is 9.72. The van der Waals surface area contributed by atoms with Crippen molar-refractivity contribution in [2.45, 2.75) is 32.2 Å². The molecule has 94 valence electrons. The van der Waals surface area contributed by atoms with Crippen molar-refractivity contribution in [3.05, 3.63) is 12.2 Å². The molecule has 3 N–H and O–H groups in total. The summed E-state index contributed by atoms with van der Waals surface area (Å²) < 4.78 is 27.9. The second-order valence-corrected chi connectivity index (χ2v) is 5.72. The minimum absolute atomic E-state index is 0.102. The molecule has 0 amide bonds. The zero-order valence-corrected chi connectivity index (χ0v) is 10.5. The number of hydrogen-bond donors (Lipinski definition) is 2. The molecule has 1 aliphatic rings. The molecule has 1 atom stereocenters. The van der Waals surface area contributed by atoms with Crippen molar-refractivity contribution in [1.82, 2.24) is 9.03 Å². The second kappa shape index (κ2) is 6.34. The number of rotatable bonds is 5. The molecule has 0 saturated carbocycles. The van der Waals surface area contributed by atoms with Crippen LogP contribution >= 0.6 is 0 Å². The van der Waals surface area contributed by atoms with Gasteiger partial charge in [0, 0.05) is 25.7 Å². The Morgan fingerprint density at radius 3 is 2.81 bits per heavy atom. The predicted molar refractivity (Wildman–Crippen MR) is 65.1 cm³/mol. The van der Waals surface area contributed by atoms with Crippen molar-refractivity contribution in [3.63, 3.8) is 0 Å². The van der Waals surface area contributed by atoms with Crippen LogP contribution in [0.5, 0.6) is 0 Å². The summed E-state index contributed by atoms with van der Waals surface area (Å²) in [7, 11) is -3.32. The highest BCUT2D eigenvalue weighted by Gasteiger charge is 2.28. The van der Waals surface area contributed by atoms with Crippen LogP contribution in [0, 0.1) is 0 Å². The zero-order chi connectivity index (χ0) is 12.0. The number of nitrogens with one attached hydrogen (secondary N) is 1. The maximum atomic E-state index is 11.9. The molecule has 0 radical (unpaired) electrons. The molecule has 1 aliphatic heterocycles. The van der Waals surface area contributed by atoms with Crippen molar-refractivity contribution in [1.29, 1.82) is 0 Å². The molecule has 0 aromatic rings. The van der Waals surface area contributed by atoms with Crippen molar-refractivity contribution >= 4 is 10.2 Å². The van der Waals surface area contributed by atoms with E-state index in [9.17, 15) is 8.42 Å². The van der Waals surface area contributed by atoms with Gasteiger partial charge in [0.2, 0.25) is 0 Å². The van der Waals surface area contributed by atoms with Gasteiger partial charge in [-0.3, -0.25) is 0 Å². The van der Waals surface area contributed by atoms with E-state index < -0.39 is 10.2 Å². The Bertz CT molecular complexity index is 327. The lowest BCUT2D eigenvalue weighted by Gasteiger charge is -2.32. The molecule has 0 aromatic carbocycles. The summed E-state index contributed by atoms with van der Waals surface area (Å²) in [5.41, 5.74) is 5.27. The van der Waals surface area contributed by atoms with Crippen LogP contribution in [0.2, 0.25) is 0 Å². The van der Waals surface area contributed by atoms with Gasteiger partial charge in [0.05, 0.1) is 0 Å². The Balaban J connectivity index is 2.51. The Hall–Kier alpha value is -0.430. The Morgan fingerprint density at radius 1 is 1.44 bits per heavy atom. The number of piperidine rings is 1. The second-order valence-electron chi connectivity index (χ2n) is 4.02. The minimum Gasteiger partial charge on any atom is -0.327 e. The van der Waals surface area contributed by atoms with Gasteiger partial charge in [-0.1, -0.05) is 18.6 Å². The summed E-state index contributed by atoms with van der Waals surface area (Å²) in [4.78, 5) is 0. The van der Waals surface area contributed by atoms with E-state index in [2.05, 4.69) is 4.72 Å². The van der Waals surface area contributed by atoms with Crippen LogP contribution in [0.25, 0.3) is 0 Å². The summed E-state index contributed by atoms with van der Waals surface area (Å²) >= 11 is 0. The van der Waals surface area contributed by atoms with Crippen LogP contribution in [-0.2, 0) is 10.2 Å². The van der Waals surface area contributed by atoms with Crippen LogP contribution in [0.3, 0.4) is 0 Å². The van der Waals surface area contributed by atoms with Crippen LogP contribution in [-0.4, -0.2) is 38.4 Å². The number of nitrogens with two attached hydrogens (primary N) is 1. The molecule has 5 nitrogen and oxygen atoms in total. The molecular formula is C10H21N3O2S. The molecule has 6 heteroatoms. The molecule has 0 spiro atoms. The highest BCUT2D eigenvalue weighted by atomic mass is 32.2. The summed E-state index contributed by atoms with van der Waals surface area (Å²) in [5, 5.41) is 0. The van der Waals surface area contributed by atoms with E-state index in [1.165, 1.54) is 0 Å². The number of hydrogen-bond acceptors (Lipinski definition) is 3. The van der Waals surface area contributed by atoms with Gasteiger partial charge in [-0.2, -0.15) is 17.4 Å². The van der Waals surface area contributed by atoms with Crippen LogP contribution in [0.4, 0.5) is 0 Å². The Kier molecular flexibility index (Phi) is 5.40. The third-order valence-electron chi connectivity index (χ3n) is 2.74. The summed E-state index contributed by atoms with van der Waals surface area (Å²) in [6.07, 6.45) is 6.47. The van der Waals surface area contributed by atoms with E-state index in [1.807, 2.05) is 6.92 Å². The first kappa shape index (κ1) is 13.6. The average Bonchev–Trinajstić information content (AvgIpc) is 2.25. The van der Waals surface area contributed by atoms with Crippen molar-refractivity contribution < 1.29 is 8.42 Å². The third kappa shape index (κ3) is 3.86. The first-order valence-electron chi connectivity index (χ1n) is 5.69. The maximum Gasteiger partial charge on any atom is 0.279 e. The fourth-order valence-corrected chi connectivity index (χ4v) is 3.27. The molecule has 0 aromatic heterocycles. The van der Waals surface area contributed by atoms with Gasteiger partial charge >= 0.3 is 0 Å². The molecular weight excluding hydrogens is 226 g/mol. The molecule has 1 rings (SSSR count).